The van der Waals surface area contributed by atoms with Gasteiger partial charge in [-0.25, -0.2) is 0 Å². The van der Waals surface area contributed by atoms with Crippen molar-refractivity contribution >= 4 is 0 Å². The molecule has 1 rings (SSSR count). The molecule has 0 radical (unpaired) electrons. The van der Waals surface area contributed by atoms with Crippen LogP contribution in [-0.4, -0.2) is 36.3 Å². The van der Waals surface area contributed by atoms with Gasteiger partial charge in [0.25, 0.3) is 0 Å². The fourth-order valence-electron chi connectivity index (χ4n) is 1.57. The van der Waals surface area contributed by atoms with E-state index in [9.17, 15) is 18.3 Å². The number of alkyl halides is 3. The molecule has 0 fully saturated rings. The van der Waals surface area contributed by atoms with Crippen LogP contribution in [0.5, 0.6) is 0 Å². The molecule has 0 aromatic heterocycles. The molecule has 0 amide bonds. The summed E-state index contributed by atoms with van der Waals surface area (Å²) >= 11 is 0. The molecule has 0 saturated heterocycles. The smallest absolute Gasteiger partial charge is 0.388 e. The second-order valence-corrected chi connectivity index (χ2v) is 4.07. The number of benzene rings is 1. The molecule has 2 nitrogen and oxygen atoms in total. The fraction of sp³-hybridized carbons (Fsp3) is 0.500. The monoisotopic (exact) mass is 247 g/mol. The average molecular weight is 247 g/mol. The Balaban J connectivity index is 2.36. The molecule has 5 heteroatoms. The number of halogens is 3. The van der Waals surface area contributed by atoms with Gasteiger partial charge in [-0.2, -0.15) is 13.2 Å². The molecule has 0 bridgehead atoms. The van der Waals surface area contributed by atoms with Gasteiger partial charge in [-0.3, -0.25) is 4.90 Å². The first kappa shape index (κ1) is 14.0. The third-order valence-corrected chi connectivity index (χ3v) is 2.42. The number of rotatable bonds is 5. The summed E-state index contributed by atoms with van der Waals surface area (Å²) in [6.07, 6.45) is -4.62. The Morgan fingerprint density at radius 3 is 2.35 bits per heavy atom. The molecule has 0 aliphatic rings. The molecular formula is C12H16F3NO. The van der Waals surface area contributed by atoms with Crippen molar-refractivity contribution in [2.24, 2.45) is 0 Å². The first-order valence-electron chi connectivity index (χ1n) is 5.37. The third-order valence-electron chi connectivity index (χ3n) is 2.42. The van der Waals surface area contributed by atoms with Gasteiger partial charge in [-0.15, -0.1) is 0 Å². The zero-order valence-corrected chi connectivity index (χ0v) is 9.61. The van der Waals surface area contributed by atoms with Crippen LogP contribution in [0.25, 0.3) is 0 Å². The van der Waals surface area contributed by atoms with E-state index in [0.29, 0.717) is 0 Å². The van der Waals surface area contributed by atoms with Crippen LogP contribution in [0, 0.1) is 0 Å². The van der Waals surface area contributed by atoms with E-state index in [0.717, 1.165) is 10.5 Å². The van der Waals surface area contributed by atoms with E-state index in [4.69, 9.17) is 0 Å². The Labute approximate surface area is 98.7 Å². The maximum atomic E-state index is 12.0. The lowest BCUT2D eigenvalue weighted by atomic mass is 10.1. The summed E-state index contributed by atoms with van der Waals surface area (Å²) in [5.74, 6) is 0. The van der Waals surface area contributed by atoms with Gasteiger partial charge >= 0.3 is 6.18 Å². The SMILES string of the molecule is CN(CC[C@H](O)c1ccccc1)CC(F)(F)F. The first-order chi connectivity index (χ1) is 7.88. The van der Waals surface area contributed by atoms with Gasteiger partial charge in [0.2, 0.25) is 0 Å². The van der Waals surface area contributed by atoms with E-state index >= 15 is 0 Å². The van der Waals surface area contributed by atoms with Crippen LogP contribution in [0.1, 0.15) is 18.1 Å². The van der Waals surface area contributed by atoms with Crippen LogP contribution in [0.4, 0.5) is 13.2 Å². The highest BCUT2D eigenvalue weighted by Gasteiger charge is 2.29. The standard InChI is InChI=1S/C12H16F3NO/c1-16(9-12(13,14)15)8-7-11(17)10-5-3-2-4-6-10/h2-6,11,17H,7-9H2,1H3/t11-/m0/s1. The second kappa shape index (κ2) is 6.02. The molecule has 1 N–H and O–H groups in total. The molecular weight excluding hydrogens is 231 g/mol. The zero-order chi connectivity index (χ0) is 12.9. The minimum Gasteiger partial charge on any atom is -0.388 e. The van der Waals surface area contributed by atoms with Crippen LogP contribution in [-0.2, 0) is 0 Å². The molecule has 0 heterocycles. The second-order valence-electron chi connectivity index (χ2n) is 4.07. The summed E-state index contributed by atoms with van der Waals surface area (Å²) in [5.41, 5.74) is 0.730. The first-order valence-corrected chi connectivity index (χ1v) is 5.37. The van der Waals surface area contributed by atoms with Crippen LogP contribution in [0.3, 0.4) is 0 Å². The zero-order valence-electron chi connectivity index (χ0n) is 9.61. The van der Waals surface area contributed by atoms with Crippen molar-refractivity contribution in [1.82, 2.24) is 4.90 Å². The van der Waals surface area contributed by atoms with Crippen molar-refractivity contribution in [2.45, 2.75) is 18.7 Å². The molecule has 1 aromatic carbocycles. The van der Waals surface area contributed by atoms with Gasteiger partial charge in [0.05, 0.1) is 12.6 Å². The van der Waals surface area contributed by atoms with Crippen LogP contribution in [0.15, 0.2) is 30.3 Å². The molecule has 0 unspecified atom stereocenters. The summed E-state index contributed by atoms with van der Waals surface area (Å²) < 4.78 is 36.1. The highest BCUT2D eigenvalue weighted by atomic mass is 19.4. The number of aliphatic hydroxyl groups is 1. The highest BCUT2D eigenvalue weighted by Crippen LogP contribution is 2.19. The quantitative estimate of drug-likeness (QED) is 0.864. The van der Waals surface area contributed by atoms with Crippen molar-refractivity contribution in [3.05, 3.63) is 35.9 Å². The van der Waals surface area contributed by atoms with Crippen molar-refractivity contribution in [3.63, 3.8) is 0 Å². The molecule has 1 atom stereocenters. The molecule has 0 aliphatic carbocycles. The number of hydrogen-bond acceptors (Lipinski definition) is 2. The van der Waals surface area contributed by atoms with E-state index in [1.54, 1.807) is 24.3 Å². The summed E-state index contributed by atoms with van der Waals surface area (Å²) in [6, 6.07) is 8.92. The summed E-state index contributed by atoms with van der Waals surface area (Å²) in [6.45, 7) is -0.746. The maximum Gasteiger partial charge on any atom is 0.401 e. The number of nitrogens with zero attached hydrogens (tertiary/aromatic N) is 1. The van der Waals surface area contributed by atoms with Gasteiger partial charge in [0.1, 0.15) is 0 Å². The Hall–Kier alpha value is -1.07. The fourth-order valence-corrected chi connectivity index (χ4v) is 1.57. The third kappa shape index (κ3) is 5.70. The topological polar surface area (TPSA) is 23.5 Å². The highest BCUT2D eigenvalue weighted by molar-refractivity contribution is 5.17. The summed E-state index contributed by atoms with van der Waals surface area (Å²) in [5, 5.41) is 9.76. The van der Waals surface area contributed by atoms with E-state index in [-0.39, 0.29) is 13.0 Å². The Morgan fingerprint density at radius 1 is 1.24 bits per heavy atom. The molecule has 17 heavy (non-hydrogen) atoms. The minimum absolute atomic E-state index is 0.204. The maximum absolute atomic E-state index is 12.0. The molecule has 0 aliphatic heterocycles. The molecule has 96 valence electrons. The summed E-state index contributed by atoms with van der Waals surface area (Å²) in [7, 11) is 1.39. The van der Waals surface area contributed by atoms with E-state index in [1.165, 1.54) is 7.05 Å². The average Bonchev–Trinajstić information content (AvgIpc) is 2.25. The van der Waals surface area contributed by atoms with Gasteiger partial charge in [0, 0.05) is 6.54 Å². The Morgan fingerprint density at radius 2 is 1.82 bits per heavy atom. The normalized spacial score (nSPS) is 14.0. The largest absolute Gasteiger partial charge is 0.401 e. The predicted octanol–water partition coefficient (Wildman–Crippen LogP) is 2.60. The van der Waals surface area contributed by atoms with E-state index in [1.807, 2.05) is 6.07 Å². The lowest BCUT2D eigenvalue weighted by molar-refractivity contribution is -0.143. The van der Waals surface area contributed by atoms with Gasteiger partial charge in [0.15, 0.2) is 0 Å². The summed E-state index contributed by atoms with van der Waals surface area (Å²) in [4.78, 5) is 1.16. The molecule has 0 saturated carbocycles. The van der Waals surface area contributed by atoms with Crippen LogP contribution < -0.4 is 0 Å². The van der Waals surface area contributed by atoms with Crippen molar-refractivity contribution in [1.29, 1.82) is 0 Å². The number of hydrogen-bond donors (Lipinski definition) is 1. The van der Waals surface area contributed by atoms with Crippen LogP contribution in [0.2, 0.25) is 0 Å². The van der Waals surface area contributed by atoms with E-state index in [2.05, 4.69) is 0 Å². The van der Waals surface area contributed by atoms with Crippen molar-refractivity contribution in [2.75, 3.05) is 20.1 Å². The number of aliphatic hydroxyl groups excluding tert-OH is 1. The van der Waals surface area contributed by atoms with Gasteiger partial charge in [-0.1, -0.05) is 30.3 Å². The van der Waals surface area contributed by atoms with Gasteiger partial charge in [-0.05, 0) is 19.0 Å². The van der Waals surface area contributed by atoms with E-state index < -0.39 is 18.8 Å². The van der Waals surface area contributed by atoms with Crippen molar-refractivity contribution < 1.29 is 18.3 Å². The van der Waals surface area contributed by atoms with Gasteiger partial charge < -0.3 is 5.11 Å². The molecule has 0 spiro atoms. The molecule has 1 aromatic rings. The predicted molar refractivity (Wildman–Crippen MR) is 59.6 cm³/mol. The lowest BCUT2D eigenvalue weighted by Crippen LogP contribution is -2.32. The lowest BCUT2D eigenvalue weighted by Gasteiger charge is -2.20. The van der Waals surface area contributed by atoms with Crippen molar-refractivity contribution in [3.8, 4) is 0 Å². The Bertz CT molecular complexity index is 326. The minimum atomic E-state index is -4.19. The Kier molecular flexibility index (Phi) is 4.96. The van der Waals surface area contributed by atoms with Crippen LogP contribution >= 0.6 is 0 Å².